The molecular weight excluding hydrogens is 440 g/mol. The number of methoxy groups -OCH3 is 2. The highest BCUT2D eigenvalue weighted by atomic mass is 32.2. The van der Waals surface area contributed by atoms with Crippen LogP contribution in [0.3, 0.4) is 0 Å². The highest BCUT2D eigenvalue weighted by Gasteiger charge is 2.34. The van der Waals surface area contributed by atoms with E-state index in [1.165, 1.54) is 30.7 Å². The Morgan fingerprint density at radius 3 is 2.15 bits per heavy atom. The van der Waals surface area contributed by atoms with Crippen molar-refractivity contribution >= 4 is 21.6 Å². The van der Waals surface area contributed by atoms with Crippen LogP contribution < -0.4 is 14.8 Å². The van der Waals surface area contributed by atoms with Crippen molar-refractivity contribution in [2.24, 2.45) is 0 Å². The fraction of sp³-hybridized carbons (Fsp3) is 0.480. The average molecular weight is 475 g/mol. The minimum atomic E-state index is -3.94. The zero-order valence-corrected chi connectivity index (χ0v) is 20.9. The van der Waals surface area contributed by atoms with Gasteiger partial charge in [-0.2, -0.15) is 4.31 Å². The first-order valence-corrected chi connectivity index (χ1v) is 12.7. The van der Waals surface area contributed by atoms with Gasteiger partial charge in [0.1, 0.15) is 0 Å². The molecule has 0 unspecified atom stereocenters. The summed E-state index contributed by atoms with van der Waals surface area (Å²) < 4.78 is 39.3. The first-order valence-electron chi connectivity index (χ1n) is 11.3. The van der Waals surface area contributed by atoms with Crippen LogP contribution in [0, 0.1) is 20.8 Å². The molecule has 0 aliphatic heterocycles. The quantitative estimate of drug-likeness (QED) is 0.605. The Bertz CT molecular complexity index is 1080. The van der Waals surface area contributed by atoms with Crippen LogP contribution in [0.4, 0.5) is 5.69 Å². The summed E-state index contributed by atoms with van der Waals surface area (Å²) in [6.07, 6.45) is 4.44. The van der Waals surface area contributed by atoms with Gasteiger partial charge in [0.2, 0.25) is 15.9 Å². The maximum atomic E-state index is 13.7. The molecule has 3 rings (SSSR count). The Labute approximate surface area is 197 Å². The van der Waals surface area contributed by atoms with Gasteiger partial charge in [0.25, 0.3) is 0 Å². The van der Waals surface area contributed by atoms with Crippen molar-refractivity contribution in [2.75, 3.05) is 26.1 Å². The number of rotatable bonds is 8. The van der Waals surface area contributed by atoms with Crippen LogP contribution in [-0.2, 0) is 14.8 Å². The Morgan fingerprint density at radius 2 is 1.58 bits per heavy atom. The molecule has 0 radical (unpaired) electrons. The van der Waals surface area contributed by atoms with E-state index in [2.05, 4.69) is 5.32 Å². The predicted octanol–water partition coefficient (Wildman–Crippen LogP) is 4.59. The van der Waals surface area contributed by atoms with Crippen LogP contribution in [0.25, 0.3) is 0 Å². The van der Waals surface area contributed by atoms with Gasteiger partial charge in [0.15, 0.2) is 11.5 Å². The molecule has 1 N–H and O–H groups in total. The minimum Gasteiger partial charge on any atom is -0.493 e. The number of carbonyl (C=O) groups is 1. The number of hydrogen-bond acceptors (Lipinski definition) is 5. The van der Waals surface area contributed by atoms with Gasteiger partial charge in [0.05, 0.1) is 25.7 Å². The molecule has 0 bridgehead atoms. The SMILES string of the molecule is COc1ccc(S(=O)(=O)N(CC(=O)Nc2c(C)cc(C)cc2C)C2CCCCC2)cc1OC. The molecule has 8 heteroatoms. The largest absolute Gasteiger partial charge is 0.493 e. The molecule has 0 spiro atoms. The predicted molar refractivity (Wildman–Crippen MR) is 130 cm³/mol. The van der Waals surface area contributed by atoms with Crippen molar-refractivity contribution in [1.82, 2.24) is 4.31 Å². The van der Waals surface area contributed by atoms with Gasteiger partial charge in [-0.3, -0.25) is 4.79 Å². The molecule has 0 saturated heterocycles. The summed E-state index contributed by atoms with van der Waals surface area (Å²) in [5.74, 6) is 0.431. The summed E-state index contributed by atoms with van der Waals surface area (Å²) >= 11 is 0. The summed E-state index contributed by atoms with van der Waals surface area (Å²) in [5, 5.41) is 2.95. The lowest BCUT2D eigenvalue weighted by Crippen LogP contribution is -2.45. The second-order valence-corrected chi connectivity index (χ2v) is 10.6. The third kappa shape index (κ3) is 5.68. The lowest BCUT2D eigenvalue weighted by atomic mass is 9.95. The normalized spacial score (nSPS) is 14.8. The monoisotopic (exact) mass is 474 g/mol. The molecule has 2 aromatic rings. The van der Waals surface area contributed by atoms with Crippen LogP contribution in [0.1, 0.15) is 48.8 Å². The van der Waals surface area contributed by atoms with Crippen LogP contribution in [0.2, 0.25) is 0 Å². The van der Waals surface area contributed by atoms with E-state index in [0.717, 1.165) is 54.5 Å². The summed E-state index contributed by atoms with van der Waals surface area (Å²) in [7, 11) is -0.971. The van der Waals surface area contributed by atoms with Gasteiger partial charge in [-0.05, 0) is 56.9 Å². The molecule has 33 heavy (non-hydrogen) atoms. The Balaban J connectivity index is 1.92. The number of benzene rings is 2. The van der Waals surface area contributed by atoms with Gasteiger partial charge >= 0.3 is 0 Å². The van der Waals surface area contributed by atoms with Gasteiger partial charge < -0.3 is 14.8 Å². The van der Waals surface area contributed by atoms with E-state index < -0.39 is 10.0 Å². The number of ether oxygens (including phenoxy) is 2. The van der Waals surface area contributed by atoms with E-state index in [1.807, 2.05) is 32.9 Å². The van der Waals surface area contributed by atoms with Crippen LogP contribution in [-0.4, -0.2) is 45.4 Å². The Hall–Kier alpha value is -2.58. The van der Waals surface area contributed by atoms with E-state index in [-0.39, 0.29) is 23.4 Å². The van der Waals surface area contributed by atoms with Crippen molar-refractivity contribution in [3.05, 3.63) is 47.0 Å². The number of sulfonamides is 1. The smallest absolute Gasteiger partial charge is 0.243 e. The first kappa shape index (κ1) is 25.1. The number of hydrogen-bond donors (Lipinski definition) is 1. The van der Waals surface area contributed by atoms with Crippen LogP contribution in [0.5, 0.6) is 11.5 Å². The summed E-state index contributed by atoms with van der Waals surface area (Å²) in [6.45, 7) is 5.64. The van der Waals surface area contributed by atoms with E-state index in [4.69, 9.17) is 9.47 Å². The molecule has 0 heterocycles. The topological polar surface area (TPSA) is 84.9 Å². The van der Waals surface area contributed by atoms with Crippen LogP contribution in [0.15, 0.2) is 35.2 Å². The molecule has 1 saturated carbocycles. The highest BCUT2D eigenvalue weighted by molar-refractivity contribution is 7.89. The average Bonchev–Trinajstić information content (AvgIpc) is 2.79. The first-order chi connectivity index (χ1) is 15.7. The van der Waals surface area contributed by atoms with Crippen molar-refractivity contribution in [3.8, 4) is 11.5 Å². The second kappa shape index (κ2) is 10.6. The molecular formula is C25H34N2O5S. The standard InChI is InChI=1S/C25H34N2O5S/c1-17-13-18(2)25(19(3)14-17)26-24(28)16-27(20-9-7-6-8-10-20)33(29,30)21-11-12-22(31-4)23(15-21)32-5/h11-15,20H,6-10,16H2,1-5H3,(H,26,28). The zero-order chi connectivity index (χ0) is 24.2. The summed E-state index contributed by atoms with van der Waals surface area (Å²) in [4.78, 5) is 13.2. The maximum Gasteiger partial charge on any atom is 0.243 e. The van der Waals surface area contributed by atoms with Crippen molar-refractivity contribution in [1.29, 1.82) is 0 Å². The fourth-order valence-electron chi connectivity index (χ4n) is 4.59. The van der Waals surface area contributed by atoms with Gasteiger partial charge in [-0.25, -0.2) is 8.42 Å². The number of amides is 1. The third-order valence-corrected chi connectivity index (χ3v) is 8.08. The molecule has 1 amide bonds. The summed E-state index contributed by atoms with van der Waals surface area (Å²) in [6, 6.07) is 8.31. The third-order valence-electron chi connectivity index (χ3n) is 6.18. The molecule has 180 valence electrons. The van der Waals surface area contributed by atoms with Crippen molar-refractivity contribution in [3.63, 3.8) is 0 Å². The van der Waals surface area contributed by atoms with E-state index in [9.17, 15) is 13.2 Å². The molecule has 1 aliphatic carbocycles. The number of nitrogens with zero attached hydrogens (tertiary/aromatic N) is 1. The number of nitrogens with one attached hydrogen (secondary N) is 1. The minimum absolute atomic E-state index is 0.0845. The van der Waals surface area contributed by atoms with E-state index >= 15 is 0 Å². The molecule has 2 aromatic carbocycles. The van der Waals surface area contributed by atoms with E-state index in [0.29, 0.717) is 11.5 Å². The van der Waals surface area contributed by atoms with Crippen molar-refractivity contribution in [2.45, 2.75) is 63.8 Å². The molecule has 0 aromatic heterocycles. The lowest BCUT2D eigenvalue weighted by Gasteiger charge is -2.33. The zero-order valence-electron chi connectivity index (χ0n) is 20.1. The fourth-order valence-corrected chi connectivity index (χ4v) is 6.25. The molecule has 1 aliphatic rings. The molecule has 7 nitrogen and oxygen atoms in total. The maximum absolute atomic E-state index is 13.7. The van der Waals surface area contributed by atoms with Gasteiger partial charge in [-0.1, -0.05) is 37.0 Å². The lowest BCUT2D eigenvalue weighted by molar-refractivity contribution is -0.116. The highest BCUT2D eigenvalue weighted by Crippen LogP contribution is 2.33. The van der Waals surface area contributed by atoms with Crippen LogP contribution >= 0.6 is 0 Å². The Morgan fingerprint density at radius 1 is 0.970 bits per heavy atom. The number of anilines is 1. The van der Waals surface area contributed by atoms with Gasteiger partial charge in [0, 0.05) is 17.8 Å². The number of carbonyl (C=O) groups excluding carboxylic acids is 1. The Kier molecular flexibility index (Phi) is 8.02. The number of aryl methyl sites for hydroxylation is 3. The summed E-state index contributed by atoms with van der Waals surface area (Å²) in [5.41, 5.74) is 3.75. The van der Waals surface area contributed by atoms with E-state index in [1.54, 1.807) is 6.07 Å². The molecule has 0 atom stereocenters. The van der Waals surface area contributed by atoms with Gasteiger partial charge in [-0.15, -0.1) is 0 Å². The second-order valence-electron chi connectivity index (χ2n) is 8.68. The molecule has 1 fully saturated rings. The van der Waals surface area contributed by atoms with Crippen molar-refractivity contribution < 1.29 is 22.7 Å².